The number of nitrogens with two attached hydrogens (primary N) is 1. The van der Waals surface area contributed by atoms with Crippen molar-refractivity contribution in [3.05, 3.63) is 58.2 Å². The van der Waals surface area contributed by atoms with Crippen LogP contribution in [0.4, 0.5) is 17.1 Å². The third kappa shape index (κ3) is 2.75. The Balaban J connectivity index is 2.12. The third-order valence-electron chi connectivity index (χ3n) is 3.18. The minimum absolute atomic E-state index is 0.477. The minimum atomic E-state index is 0.477. The monoisotopic (exact) mass is 317 g/mol. The van der Waals surface area contributed by atoms with Crippen molar-refractivity contribution >= 4 is 51.2 Å². The predicted molar refractivity (Wildman–Crippen MR) is 90.6 cm³/mol. The van der Waals surface area contributed by atoms with Crippen molar-refractivity contribution in [2.45, 2.75) is 6.92 Å². The number of hydrogen-bond acceptors (Lipinski definition) is 3. The van der Waals surface area contributed by atoms with Crippen LogP contribution in [0.3, 0.4) is 0 Å². The van der Waals surface area contributed by atoms with E-state index < -0.39 is 0 Å². The summed E-state index contributed by atoms with van der Waals surface area (Å²) in [6.45, 7) is 1.96. The van der Waals surface area contributed by atoms with Crippen molar-refractivity contribution in [1.29, 1.82) is 0 Å². The van der Waals surface area contributed by atoms with E-state index in [1.165, 1.54) is 0 Å². The number of pyridine rings is 1. The van der Waals surface area contributed by atoms with Crippen LogP contribution in [0.1, 0.15) is 5.69 Å². The van der Waals surface area contributed by atoms with Gasteiger partial charge in [-0.3, -0.25) is 4.98 Å². The van der Waals surface area contributed by atoms with Crippen molar-refractivity contribution in [2.75, 3.05) is 11.1 Å². The lowest BCUT2D eigenvalue weighted by molar-refractivity contribution is 1.25. The molecule has 0 aliphatic rings. The highest BCUT2D eigenvalue weighted by molar-refractivity contribution is 6.39. The fraction of sp³-hybridized carbons (Fsp3) is 0.0625. The standard InChI is InChI=1S/C16H13Cl2N3/c1-9-5-6-10-3-2-4-14(15(10)20-9)21-16-12(17)7-11(19)8-13(16)18/h2-8,21H,19H2,1H3. The number of hydrogen-bond donors (Lipinski definition) is 2. The number of para-hydroxylation sites is 1. The second kappa shape index (κ2) is 5.43. The molecule has 5 heteroatoms. The number of anilines is 3. The lowest BCUT2D eigenvalue weighted by Gasteiger charge is -2.13. The molecule has 0 bridgehead atoms. The van der Waals surface area contributed by atoms with E-state index in [9.17, 15) is 0 Å². The number of aryl methyl sites for hydroxylation is 1. The SMILES string of the molecule is Cc1ccc2cccc(Nc3c(Cl)cc(N)cc3Cl)c2n1. The smallest absolute Gasteiger partial charge is 0.0939 e. The summed E-state index contributed by atoms with van der Waals surface area (Å²) in [6.07, 6.45) is 0. The molecule has 1 aromatic heterocycles. The molecule has 106 valence electrons. The second-order valence-corrected chi connectivity index (χ2v) is 5.63. The summed E-state index contributed by atoms with van der Waals surface area (Å²) >= 11 is 12.4. The zero-order valence-corrected chi connectivity index (χ0v) is 12.8. The quantitative estimate of drug-likeness (QED) is 0.640. The van der Waals surface area contributed by atoms with Gasteiger partial charge in [-0.05, 0) is 31.2 Å². The normalized spacial score (nSPS) is 10.8. The first-order chi connectivity index (χ1) is 10.0. The van der Waals surface area contributed by atoms with Gasteiger partial charge >= 0.3 is 0 Å². The van der Waals surface area contributed by atoms with E-state index in [0.29, 0.717) is 21.4 Å². The van der Waals surface area contributed by atoms with Crippen LogP contribution < -0.4 is 11.1 Å². The van der Waals surface area contributed by atoms with Crippen molar-refractivity contribution in [1.82, 2.24) is 4.98 Å². The van der Waals surface area contributed by atoms with Crippen LogP contribution in [0.25, 0.3) is 10.9 Å². The lowest BCUT2D eigenvalue weighted by Crippen LogP contribution is -1.96. The van der Waals surface area contributed by atoms with Gasteiger partial charge in [0, 0.05) is 16.8 Å². The van der Waals surface area contributed by atoms with E-state index in [1.54, 1.807) is 12.1 Å². The molecule has 0 spiro atoms. The Hall–Kier alpha value is -1.97. The van der Waals surface area contributed by atoms with E-state index in [4.69, 9.17) is 28.9 Å². The van der Waals surface area contributed by atoms with Gasteiger partial charge in [-0.1, -0.05) is 41.4 Å². The number of fused-ring (bicyclic) bond motifs is 1. The zero-order valence-electron chi connectivity index (χ0n) is 11.3. The number of rotatable bonds is 2. The van der Waals surface area contributed by atoms with E-state index in [0.717, 1.165) is 22.3 Å². The molecule has 0 saturated carbocycles. The van der Waals surface area contributed by atoms with E-state index in [2.05, 4.69) is 10.3 Å². The van der Waals surface area contributed by atoms with Gasteiger partial charge < -0.3 is 11.1 Å². The number of benzene rings is 2. The summed E-state index contributed by atoms with van der Waals surface area (Å²) in [6, 6.07) is 13.3. The van der Waals surface area contributed by atoms with Crippen LogP contribution in [0.15, 0.2) is 42.5 Å². The molecule has 0 atom stereocenters. The van der Waals surface area contributed by atoms with Gasteiger partial charge in [-0.25, -0.2) is 0 Å². The maximum atomic E-state index is 6.22. The molecule has 3 aromatic rings. The third-order valence-corrected chi connectivity index (χ3v) is 3.78. The highest BCUT2D eigenvalue weighted by atomic mass is 35.5. The maximum Gasteiger partial charge on any atom is 0.0939 e. The summed E-state index contributed by atoms with van der Waals surface area (Å²) in [7, 11) is 0. The van der Waals surface area contributed by atoms with Crippen molar-refractivity contribution in [2.24, 2.45) is 0 Å². The molecular weight excluding hydrogens is 305 g/mol. The molecule has 0 radical (unpaired) electrons. The topological polar surface area (TPSA) is 50.9 Å². The Labute approximate surface area is 132 Å². The number of nitrogens with zero attached hydrogens (tertiary/aromatic N) is 1. The number of nitrogens with one attached hydrogen (secondary N) is 1. The summed E-state index contributed by atoms with van der Waals surface area (Å²) < 4.78 is 0. The predicted octanol–water partition coefficient (Wildman–Crippen LogP) is 5.18. The zero-order chi connectivity index (χ0) is 15.0. The molecule has 0 aliphatic heterocycles. The molecule has 3 nitrogen and oxygen atoms in total. The first-order valence-corrected chi connectivity index (χ1v) is 7.18. The summed E-state index contributed by atoms with van der Waals surface area (Å²) in [4.78, 5) is 4.58. The molecular formula is C16H13Cl2N3. The second-order valence-electron chi connectivity index (χ2n) is 4.81. The van der Waals surface area contributed by atoms with Crippen LogP contribution >= 0.6 is 23.2 Å². The molecule has 0 fully saturated rings. The highest BCUT2D eigenvalue weighted by Gasteiger charge is 2.10. The Kier molecular flexibility index (Phi) is 3.62. The van der Waals surface area contributed by atoms with Gasteiger partial charge in [-0.15, -0.1) is 0 Å². The van der Waals surface area contributed by atoms with Gasteiger partial charge in [0.2, 0.25) is 0 Å². The largest absolute Gasteiger partial charge is 0.399 e. The Morgan fingerprint density at radius 3 is 2.48 bits per heavy atom. The molecule has 0 saturated heterocycles. The van der Waals surface area contributed by atoms with Crippen LogP contribution in [-0.4, -0.2) is 4.98 Å². The Bertz CT molecular complexity index is 808. The highest BCUT2D eigenvalue weighted by Crippen LogP contribution is 2.36. The fourth-order valence-corrected chi connectivity index (χ4v) is 2.79. The van der Waals surface area contributed by atoms with E-state index in [1.807, 2.05) is 37.3 Å². The molecule has 0 aliphatic carbocycles. The first kappa shape index (κ1) is 14.0. The summed E-state index contributed by atoms with van der Waals surface area (Å²) in [5, 5.41) is 5.26. The van der Waals surface area contributed by atoms with Crippen molar-refractivity contribution < 1.29 is 0 Å². The van der Waals surface area contributed by atoms with Gasteiger partial charge in [0.25, 0.3) is 0 Å². The van der Waals surface area contributed by atoms with Gasteiger partial charge in [0.1, 0.15) is 0 Å². The summed E-state index contributed by atoms with van der Waals surface area (Å²) in [5.41, 5.74) is 9.56. The molecule has 3 rings (SSSR count). The minimum Gasteiger partial charge on any atom is -0.399 e. The lowest BCUT2D eigenvalue weighted by atomic mass is 10.1. The number of aromatic nitrogens is 1. The summed E-state index contributed by atoms with van der Waals surface area (Å²) in [5.74, 6) is 0. The number of nitrogen functional groups attached to an aromatic ring is 1. The molecule has 3 N–H and O–H groups in total. The molecule has 1 heterocycles. The van der Waals surface area contributed by atoms with Crippen LogP contribution in [-0.2, 0) is 0 Å². The van der Waals surface area contributed by atoms with Gasteiger partial charge in [0.05, 0.1) is 26.9 Å². The van der Waals surface area contributed by atoms with Gasteiger partial charge in [0.15, 0.2) is 0 Å². The molecule has 2 aromatic carbocycles. The van der Waals surface area contributed by atoms with Crippen LogP contribution in [0.2, 0.25) is 10.0 Å². The molecule has 0 unspecified atom stereocenters. The Morgan fingerprint density at radius 2 is 1.76 bits per heavy atom. The fourth-order valence-electron chi connectivity index (χ4n) is 2.19. The van der Waals surface area contributed by atoms with E-state index in [-0.39, 0.29) is 0 Å². The first-order valence-electron chi connectivity index (χ1n) is 6.42. The average molecular weight is 318 g/mol. The number of halogens is 2. The Morgan fingerprint density at radius 1 is 1.05 bits per heavy atom. The van der Waals surface area contributed by atoms with Crippen molar-refractivity contribution in [3.8, 4) is 0 Å². The van der Waals surface area contributed by atoms with Gasteiger partial charge in [-0.2, -0.15) is 0 Å². The van der Waals surface area contributed by atoms with Crippen LogP contribution in [0.5, 0.6) is 0 Å². The molecule has 0 amide bonds. The van der Waals surface area contributed by atoms with E-state index >= 15 is 0 Å². The van der Waals surface area contributed by atoms with Crippen molar-refractivity contribution in [3.63, 3.8) is 0 Å². The van der Waals surface area contributed by atoms with Crippen LogP contribution in [0, 0.1) is 6.92 Å². The molecule has 21 heavy (non-hydrogen) atoms. The maximum absolute atomic E-state index is 6.22. The average Bonchev–Trinajstić information content (AvgIpc) is 2.43.